The number of nitrogens with one attached hydrogen (secondary N) is 1. The number of alkyl halides is 3. The molecule has 160 valence electrons. The van der Waals surface area contributed by atoms with E-state index in [1.165, 1.54) is 37.0 Å². The van der Waals surface area contributed by atoms with Crippen LogP contribution in [0.15, 0.2) is 34.5 Å². The van der Waals surface area contributed by atoms with Crippen LogP contribution in [0.25, 0.3) is 22.7 Å². The number of hydrazone groups is 1. The van der Waals surface area contributed by atoms with E-state index in [-0.39, 0.29) is 33.3 Å². The molecule has 0 aliphatic heterocycles. The molecule has 0 fully saturated rings. The molecule has 0 aliphatic carbocycles. The van der Waals surface area contributed by atoms with Crippen molar-refractivity contribution in [3.63, 3.8) is 0 Å². The van der Waals surface area contributed by atoms with Crippen molar-refractivity contribution in [2.75, 3.05) is 12.3 Å². The van der Waals surface area contributed by atoms with Crippen LogP contribution in [0.5, 0.6) is 0 Å². The van der Waals surface area contributed by atoms with Gasteiger partial charge in [0, 0.05) is 31.5 Å². The number of aromatic nitrogens is 4. The Kier molecular flexibility index (Phi) is 5.79. The largest absolute Gasteiger partial charge is 0.417 e. The van der Waals surface area contributed by atoms with E-state index >= 15 is 0 Å². The lowest BCUT2D eigenvalue weighted by Gasteiger charge is -2.09. The molecule has 12 heteroatoms. The lowest BCUT2D eigenvalue weighted by Crippen LogP contribution is -2.10. The van der Waals surface area contributed by atoms with Crippen LogP contribution in [0.2, 0.25) is 0 Å². The van der Waals surface area contributed by atoms with Crippen LogP contribution in [0.3, 0.4) is 0 Å². The number of fused-ring (bicyclic) bond motifs is 1. The van der Waals surface area contributed by atoms with Gasteiger partial charge in [0.25, 0.3) is 0 Å². The number of rotatable bonds is 6. The van der Waals surface area contributed by atoms with E-state index in [0.29, 0.717) is 18.3 Å². The van der Waals surface area contributed by atoms with Gasteiger partial charge in [-0.15, -0.1) is 0 Å². The number of nitrogens with zero attached hydrogens (tertiary/aromatic N) is 5. The summed E-state index contributed by atoms with van der Waals surface area (Å²) in [5.74, 6) is -0.0883. The first-order valence-corrected chi connectivity index (χ1v) is 10.6. The van der Waals surface area contributed by atoms with Gasteiger partial charge in [-0.3, -0.25) is 4.98 Å². The number of hydrogen-bond acceptors (Lipinski definition) is 7. The standard InChI is InChI=1S/C18H19F3N6O2S/c1-4-24-25-9-11-6-14(30(28,29)5-2)15(22-8-11)17-26-13-7-12(18(19,20)21)10-23-16(13)27(17)3/h6-10,24H,4-5H2,1-3H3/b25-9+. The van der Waals surface area contributed by atoms with Crippen molar-refractivity contribution >= 4 is 27.2 Å². The van der Waals surface area contributed by atoms with Crippen LogP contribution >= 0.6 is 0 Å². The van der Waals surface area contributed by atoms with Gasteiger partial charge in [0.1, 0.15) is 11.2 Å². The average Bonchev–Trinajstić information content (AvgIpc) is 3.03. The smallest absolute Gasteiger partial charge is 0.310 e. The highest BCUT2D eigenvalue weighted by molar-refractivity contribution is 7.91. The van der Waals surface area contributed by atoms with E-state index in [0.717, 1.165) is 6.07 Å². The molecule has 3 heterocycles. The number of aryl methyl sites for hydroxylation is 1. The normalized spacial score (nSPS) is 12.7. The Morgan fingerprint density at radius 1 is 1.20 bits per heavy atom. The number of sulfone groups is 1. The highest BCUT2D eigenvalue weighted by Gasteiger charge is 2.32. The van der Waals surface area contributed by atoms with Crippen molar-refractivity contribution in [1.29, 1.82) is 0 Å². The van der Waals surface area contributed by atoms with E-state index in [1.807, 2.05) is 6.92 Å². The number of halogens is 3. The molecule has 3 aromatic heterocycles. The SMILES string of the molecule is CCN/N=C/c1cnc(-c2nc3cc(C(F)(F)F)cnc3n2C)c(S(=O)(=O)CC)c1. The molecule has 8 nitrogen and oxygen atoms in total. The Hall–Kier alpha value is -3.02. The number of imidazole rings is 1. The number of hydrogen-bond donors (Lipinski definition) is 1. The minimum Gasteiger partial charge on any atom is -0.310 e. The Labute approximate surface area is 170 Å². The van der Waals surface area contributed by atoms with Gasteiger partial charge >= 0.3 is 6.18 Å². The Morgan fingerprint density at radius 3 is 2.57 bits per heavy atom. The molecule has 30 heavy (non-hydrogen) atoms. The zero-order valence-electron chi connectivity index (χ0n) is 16.4. The fraction of sp³-hybridized carbons (Fsp3) is 0.333. The maximum absolute atomic E-state index is 13.0. The zero-order chi connectivity index (χ0) is 22.1. The monoisotopic (exact) mass is 440 g/mol. The van der Waals surface area contributed by atoms with Crippen molar-refractivity contribution in [1.82, 2.24) is 24.9 Å². The Balaban J connectivity index is 2.21. The second kappa shape index (κ2) is 8.01. The summed E-state index contributed by atoms with van der Waals surface area (Å²) in [6, 6.07) is 2.28. The molecule has 3 aromatic rings. The zero-order valence-corrected chi connectivity index (χ0v) is 17.2. The molecular formula is C18H19F3N6O2S. The van der Waals surface area contributed by atoms with Gasteiger partial charge in [-0.25, -0.2) is 18.4 Å². The molecule has 0 saturated heterocycles. The van der Waals surface area contributed by atoms with Crippen molar-refractivity contribution in [2.24, 2.45) is 12.1 Å². The first-order valence-electron chi connectivity index (χ1n) is 8.97. The van der Waals surface area contributed by atoms with Gasteiger partial charge in [-0.05, 0) is 19.1 Å². The molecule has 0 unspecified atom stereocenters. The van der Waals surface area contributed by atoms with Crippen LogP contribution < -0.4 is 5.43 Å². The van der Waals surface area contributed by atoms with E-state index < -0.39 is 21.6 Å². The van der Waals surface area contributed by atoms with Crippen LogP contribution in [0.4, 0.5) is 13.2 Å². The predicted molar refractivity (Wildman–Crippen MR) is 106 cm³/mol. The summed E-state index contributed by atoms with van der Waals surface area (Å²) in [4.78, 5) is 12.2. The summed E-state index contributed by atoms with van der Waals surface area (Å²) in [6.45, 7) is 3.94. The van der Waals surface area contributed by atoms with E-state index in [9.17, 15) is 21.6 Å². The fourth-order valence-corrected chi connectivity index (χ4v) is 3.81. The van der Waals surface area contributed by atoms with Crippen molar-refractivity contribution in [2.45, 2.75) is 24.9 Å². The summed E-state index contributed by atoms with van der Waals surface area (Å²) in [5, 5.41) is 3.95. The maximum atomic E-state index is 13.0. The summed E-state index contributed by atoms with van der Waals surface area (Å²) < 4.78 is 65.8. The third-order valence-corrected chi connectivity index (χ3v) is 6.04. The molecule has 0 atom stereocenters. The van der Waals surface area contributed by atoms with Crippen molar-refractivity contribution in [3.8, 4) is 11.5 Å². The highest BCUT2D eigenvalue weighted by Crippen LogP contribution is 2.32. The lowest BCUT2D eigenvalue weighted by atomic mass is 10.2. The summed E-state index contributed by atoms with van der Waals surface area (Å²) in [7, 11) is -2.18. The van der Waals surface area contributed by atoms with Gasteiger partial charge in [0.15, 0.2) is 21.3 Å². The number of pyridine rings is 2. The second-order valence-electron chi connectivity index (χ2n) is 6.35. The van der Waals surface area contributed by atoms with Crippen molar-refractivity contribution < 1.29 is 21.6 Å². The first kappa shape index (κ1) is 21.7. The molecule has 0 bridgehead atoms. The minimum atomic E-state index is -4.57. The molecule has 0 saturated carbocycles. The predicted octanol–water partition coefficient (Wildman–Crippen LogP) is 2.79. The van der Waals surface area contributed by atoms with Crippen LogP contribution in [-0.4, -0.2) is 46.4 Å². The van der Waals surface area contributed by atoms with Gasteiger partial charge in [-0.1, -0.05) is 6.92 Å². The van der Waals surface area contributed by atoms with Crippen LogP contribution in [0.1, 0.15) is 25.0 Å². The second-order valence-corrected chi connectivity index (χ2v) is 8.59. The molecular weight excluding hydrogens is 421 g/mol. The molecule has 0 aromatic carbocycles. The molecule has 1 N–H and O–H groups in total. The van der Waals surface area contributed by atoms with Gasteiger partial charge in [0.05, 0.1) is 22.4 Å². The van der Waals surface area contributed by atoms with Gasteiger partial charge in [-0.2, -0.15) is 18.3 Å². The van der Waals surface area contributed by atoms with Gasteiger partial charge < -0.3 is 9.99 Å². The van der Waals surface area contributed by atoms with Crippen LogP contribution in [-0.2, 0) is 23.1 Å². The first-order chi connectivity index (χ1) is 14.1. The molecule has 0 radical (unpaired) electrons. The quantitative estimate of drug-likeness (QED) is 0.467. The molecule has 3 rings (SSSR count). The lowest BCUT2D eigenvalue weighted by molar-refractivity contribution is -0.137. The highest BCUT2D eigenvalue weighted by atomic mass is 32.2. The van der Waals surface area contributed by atoms with E-state index in [2.05, 4.69) is 25.5 Å². The summed E-state index contributed by atoms with van der Waals surface area (Å²) in [5.41, 5.74) is 2.44. The van der Waals surface area contributed by atoms with Crippen molar-refractivity contribution in [3.05, 3.63) is 35.7 Å². The summed E-state index contributed by atoms with van der Waals surface area (Å²) in [6.07, 6.45) is -1.01. The van der Waals surface area contributed by atoms with Gasteiger partial charge in [0.2, 0.25) is 0 Å². The third-order valence-electron chi connectivity index (χ3n) is 4.30. The Bertz CT molecular complexity index is 1220. The van der Waals surface area contributed by atoms with E-state index in [4.69, 9.17) is 0 Å². The molecule has 0 aliphatic rings. The average molecular weight is 440 g/mol. The topological polar surface area (TPSA) is 102 Å². The third kappa shape index (κ3) is 4.13. The minimum absolute atomic E-state index is 0.0123. The fourth-order valence-electron chi connectivity index (χ4n) is 2.75. The summed E-state index contributed by atoms with van der Waals surface area (Å²) >= 11 is 0. The van der Waals surface area contributed by atoms with E-state index in [1.54, 1.807) is 0 Å². The molecule has 0 spiro atoms. The van der Waals surface area contributed by atoms with Crippen LogP contribution in [0, 0.1) is 0 Å². The molecule has 0 amide bonds. The maximum Gasteiger partial charge on any atom is 0.417 e. The Morgan fingerprint density at radius 2 is 1.93 bits per heavy atom.